The van der Waals surface area contributed by atoms with Gasteiger partial charge in [-0.2, -0.15) is 0 Å². The van der Waals surface area contributed by atoms with Gasteiger partial charge < -0.3 is 15.1 Å². The molecule has 0 aliphatic rings. The molecule has 0 fully saturated rings. The predicted octanol–water partition coefficient (Wildman–Crippen LogP) is 2.43. The van der Waals surface area contributed by atoms with E-state index in [0.29, 0.717) is 11.5 Å². The Morgan fingerprint density at radius 1 is 1.09 bits per heavy atom. The molecule has 1 heterocycles. The number of hydrogen-bond acceptors (Lipinski definition) is 3. The van der Waals surface area contributed by atoms with Gasteiger partial charge in [-0.1, -0.05) is 0 Å². The van der Waals surface area contributed by atoms with E-state index in [9.17, 15) is 18.4 Å². The molecule has 0 saturated carbocycles. The highest BCUT2D eigenvalue weighted by Crippen LogP contribution is 2.14. The molecule has 0 atom stereocenters. The zero-order chi connectivity index (χ0) is 16.3. The average Bonchev–Trinajstić information content (AvgIpc) is 2.78. The zero-order valence-corrected chi connectivity index (χ0v) is 12.0. The quantitative estimate of drug-likeness (QED) is 0.856. The van der Waals surface area contributed by atoms with Crippen LogP contribution in [0.5, 0.6) is 0 Å². The van der Waals surface area contributed by atoms with Gasteiger partial charge in [0.25, 0.3) is 0 Å². The van der Waals surface area contributed by atoms with Gasteiger partial charge in [0.15, 0.2) is 11.6 Å². The average molecular weight is 308 g/mol. The lowest BCUT2D eigenvalue weighted by Gasteiger charge is -2.06. The second-order valence-corrected chi connectivity index (χ2v) is 4.70. The van der Waals surface area contributed by atoms with Crippen LogP contribution < -0.4 is 10.6 Å². The summed E-state index contributed by atoms with van der Waals surface area (Å²) in [6.07, 6.45) is 0. The number of amides is 2. The van der Waals surface area contributed by atoms with Crippen LogP contribution in [0.15, 0.2) is 28.7 Å². The third-order valence-electron chi connectivity index (χ3n) is 2.97. The van der Waals surface area contributed by atoms with E-state index >= 15 is 0 Å². The molecule has 1 aromatic heterocycles. The van der Waals surface area contributed by atoms with Gasteiger partial charge in [-0.15, -0.1) is 0 Å². The van der Waals surface area contributed by atoms with E-state index in [-0.39, 0.29) is 12.2 Å². The van der Waals surface area contributed by atoms with Gasteiger partial charge in [0, 0.05) is 23.9 Å². The lowest BCUT2D eigenvalue weighted by molar-refractivity contribution is -0.136. The molecule has 0 unspecified atom stereocenters. The minimum Gasteiger partial charge on any atom is -0.466 e. The molecule has 2 N–H and O–H groups in total. The van der Waals surface area contributed by atoms with Crippen molar-refractivity contribution in [1.29, 1.82) is 0 Å². The first kappa shape index (κ1) is 15.7. The van der Waals surface area contributed by atoms with Gasteiger partial charge >= 0.3 is 11.8 Å². The molecule has 1 aromatic carbocycles. The number of rotatable bonds is 3. The van der Waals surface area contributed by atoms with E-state index in [1.807, 2.05) is 0 Å². The van der Waals surface area contributed by atoms with Crippen LogP contribution in [0.3, 0.4) is 0 Å². The standard InChI is InChI=1S/C15H14F2N2O3/c1-8-5-10(9(2)22-8)7-18-14(20)15(21)19-11-3-4-12(16)13(17)6-11/h3-6H,7H2,1-2H3,(H,18,20)(H,19,21). The molecular formula is C15H14F2N2O3. The van der Waals surface area contributed by atoms with Crippen LogP contribution in [-0.4, -0.2) is 11.8 Å². The van der Waals surface area contributed by atoms with Crippen LogP contribution in [0.1, 0.15) is 17.1 Å². The van der Waals surface area contributed by atoms with Crippen LogP contribution in [-0.2, 0) is 16.1 Å². The lowest BCUT2D eigenvalue weighted by atomic mass is 10.2. The summed E-state index contributed by atoms with van der Waals surface area (Å²) in [5.74, 6) is -2.64. The van der Waals surface area contributed by atoms with Crippen LogP contribution in [0, 0.1) is 25.5 Å². The molecule has 2 rings (SSSR count). The van der Waals surface area contributed by atoms with Gasteiger partial charge in [-0.25, -0.2) is 8.78 Å². The molecule has 0 aliphatic heterocycles. The van der Waals surface area contributed by atoms with E-state index in [1.165, 1.54) is 0 Å². The molecule has 0 spiro atoms. The maximum Gasteiger partial charge on any atom is 0.313 e. The minimum atomic E-state index is -1.11. The Kier molecular flexibility index (Phi) is 4.55. The topological polar surface area (TPSA) is 71.3 Å². The van der Waals surface area contributed by atoms with Crippen molar-refractivity contribution in [2.45, 2.75) is 20.4 Å². The third-order valence-corrected chi connectivity index (χ3v) is 2.97. The fraction of sp³-hybridized carbons (Fsp3) is 0.200. The Balaban J connectivity index is 1.93. The molecule has 7 heteroatoms. The first-order valence-electron chi connectivity index (χ1n) is 6.47. The summed E-state index contributed by atoms with van der Waals surface area (Å²) in [6.45, 7) is 3.65. The van der Waals surface area contributed by atoms with Crippen molar-refractivity contribution in [3.8, 4) is 0 Å². The Bertz CT molecular complexity index is 726. The van der Waals surface area contributed by atoms with Crippen molar-refractivity contribution in [2.24, 2.45) is 0 Å². The minimum absolute atomic E-state index is 0.00520. The van der Waals surface area contributed by atoms with Crippen molar-refractivity contribution >= 4 is 17.5 Å². The van der Waals surface area contributed by atoms with Crippen LogP contribution in [0.2, 0.25) is 0 Å². The molecular weight excluding hydrogens is 294 g/mol. The van der Waals surface area contributed by atoms with E-state index in [4.69, 9.17) is 4.42 Å². The Morgan fingerprint density at radius 2 is 1.82 bits per heavy atom. The molecule has 0 bridgehead atoms. The van der Waals surface area contributed by atoms with Crippen molar-refractivity contribution in [3.05, 3.63) is 53.0 Å². The van der Waals surface area contributed by atoms with Gasteiger partial charge in [-0.3, -0.25) is 9.59 Å². The summed E-state index contributed by atoms with van der Waals surface area (Å²) in [5, 5.41) is 4.61. The van der Waals surface area contributed by atoms with Crippen molar-refractivity contribution < 1.29 is 22.8 Å². The fourth-order valence-corrected chi connectivity index (χ4v) is 1.88. The molecule has 116 valence electrons. The monoisotopic (exact) mass is 308 g/mol. The highest BCUT2D eigenvalue weighted by Gasteiger charge is 2.15. The van der Waals surface area contributed by atoms with Gasteiger partial charge in [0.05, 0.1) is 0 Å². The number of carbonyl (C=O) groups is 2. The Morgan fingerprint density at radius 3 is 2.41 bits per heavy atom. The summed E-state index contributed by atoms with van der Waals surface area (Å²) >= 11 is 0. The fourth-order valence-electron chi connectivity index (χ4n) is 1.88. The second-order valence-electron chi connectivity index (χ2n) is 4.70. The lowest BCUT2D eigenvalue weighted by Crippen LogP contribution is -2.35. The summed E-state index contributed by atoms with van der Waals surface area (Å²) < 4.78 is 31.1. The van der Waals surface area contributed by atoms with Crippen LogP contribution in [0.25, 0.3) is 0 Å². The second kappa shape index (κ2) is 6.38. The number of hydrogen-bond donors (Lipinski definition) is 2. The SMILES string of the molecule is Cc1cc(CNC(=O)C(=O)Nc2ccc(F)c(F)c2)c(C)o1. The van der Waals surface area contributed by atoms with Crippen LogP contribution in [0.4, 0.5) is 14.5 Å². The van der Waals surface area contributed by atoms with E-state index < -0.39 is 23.4 Å². The molecule has 0 radical (unpaired) electrons. The van der Waals surface area contributed by atoms with E-state index in [1.54, 1.807) is 19.9 Å². The van der Waals surface area contributed by atoms with Crippen LogP contribution >= 0.6 is 0 Å². The highest BCUT2D eigenvalue weighted by molar-refractivity contribution is 6.39. The largest absolute Gasteiger partial charge is 0.466 e. The van der Waals surface area contributed by atoms with Crippen molar-refractivity contribution in [1.82, 2.24) is 5.32 Å². The molecule has 0 saturated heterocycles. The zero-order valence-electron chi connectivity index (χ0n) is 12.0. The first-order valence-corrected chi connectivity index (χ1v) is 6.47. The molecule has 5 nitrogen and oxygen atoms in total. The molecule has 0 aliphatic carbocycles. The van der Waals surface area contributed by atoms with Gasteiger partial charge in [0.2, 0.25) is 0 Å². The maximum absolute atomic E-state index is 13.0. The Labute approximate surface area is 125 Å². The molecule has 2 amide bonds. The number of anilines is 1. The number of aryl methyl sites for hydroxylation is 2. The van der Waals surface area contributed by atoms with Crippen molar-refractivity contribution in [3.63, 3.8) is 0 Å². The summed E-state index contributed by atoms with van der Waals surface area (Å²) in [6, 6.07) is 4.57. The van der Waals surface area contributed by atoms with Gasteiger partial charge in [0.1, 0.15) is 11.5 Å². The third kappa shape index (κ3) is 3.69. The highest BCUT2D eigenvalue weighted by atomic mass is 19.2. The van der Waals surface area contributed by atoms with Gasteiger partial charge in [-0.05, 0) is 32.0 Å². The number of furan rings is 1. The van der Waals surface area contributed by atoms with E-state index in [2.05, 4.69) is 10.6 Å². The molecule has 22 heavy (non-hydrogen) atoms. The number of carbonyl (C=O) groups excluding carboxylic acids is 2. The normalized spacial score (nSPS) is 10.4. The molecule has 2 aromatic rings. The maximum atomic E-state index is 13.0. The summed E-state index contributed by atoms with van der Waals surface area (Å²) in [7, 11) is 0. The number of benzene rings is 1. The van der Waals surface area contributed by atoms with Crippen molar-refractivity contribution in [2.75, 3.05) is 5.32 Å². The first-order chi connectivity index (χ1) is 10.4. The number of nitrogens with one attached hydrogen (secondary N) is 2. The number of halogens is 2. The van der Waals surface area contributed by atoms with E-state index in [0.717, 1.165) is 23.8 Å². The summed E-state index contributed by atoms with van der Waals surface area (Å²) in [5.41, 5.74) is 0.751. The predicted molar refractivity (Wildman–Crippen MR) is 75.0 cm³/mol. The Hall–Kier alpha value is -2.70. The smallest absolute Gasteiger partial charge is 0.313 e. The summed E-state index contributed by atoms with van der Waals surface area (Å²) in [4.78, 5) is 23.3.